The second kappa shape index (κ2) is 6.70. The van der Waals surface area contributed by atoms with Crippen LogP contribution in [0.25, 0.3) is 0 Å². The molecule has 0 aliphatic carbocycles. The number of nitrogens with two attached hydrogens (primary N) is 1. The molecule has 0 spiro atoms. The van der Waals surface area contributed by atoms with Gasteiger partial charge in [-0.3, -0.25) is 9.48 Å². The predicted molar refractivity (Wildman–Crippen MR) is 74.4 cm³/mol. The molecule has 2 atom stereocenters. The fraction of sp³-hybridized carbons (Fsp3) is 0.714. The van der Waals surface area contributed by atoms with Gasteiger partial charge < -0.3 is 10.6 Å². The Kier molecular flexibility index (Phi) is 4.96. The zero-order valence-corrected chi connectivity index (χ0v) is 11.7. The molecule has 1 saturated heterocycles. The van der Waals surface area contributed by atoms with Crippen LogP contribution in [0.4, 0.5) is 0 Å². The molecule has 0 aromatic carbocycles. The number of aromatic nitrogens is 2. The highest BCUT2D eigenvalue weighted by molar-refractivity contribution is 5.76. The lowest BCUT2D eigenvalue weighted by molar-refractivity contribution is -0.135. The molecule has 2 N–H and O–H groups in total. The second-order valence-electron chi connectivity index (χ2n) is 5.29. The van der Waals surface area contributed by atoms with Crippen LogP contribution in [0.5, 0.6) is 0 Å². The van der Waals surface area contributed by atoms with E-state index in [-0.39, 0.29) is 11.9 Å². The molecule has 1 fully saturated rings. The summed E-state index contributed by atoms with van der Waals surface area (Å²) in [6.45, 7) is 4.30. The smallest absolute Gasteiger partial charge is 0.224 e. The number of likely N-dealkylation sites (tertiary alicyclic amines) is 1. The van der Waals surface area contributed by atoms with E-state index in [1.54, 1.807) is 10.9 Å². The van der Waals surface area contributed by atoms with Crippen LogP contribution in [0.15, 0.2) is 18.5 Å². The first-order valence-corrected chi connectivity index (χ1v) is 7.21. The lowest BCUT2D eigenvalue weighted by atomic mass is 9.88. The fourth-order valence-corrected chi connectivity index (χ4v) is 2.84. The third-order valence-electron chi connectivity index (χ3n) is 4.11. The van der Waals surface area contributed by atoms with E-state index in [0.29, 0.717) is 19.5 Å². The molecule has 0 bridgehead atoms. The van der Waals surface area contributed by atoms with Gasteiger partial charge in [0.1, 0.15) is 0 Å². The largest absolute Gasteiger partial charge is 0.338 e. The number of aryl methyl sites for hydroxylation is 1. The Morgan fingerprint density at radius 2 is 2.37 bits per heavy atom. The Hall–Kier alpha value is -1.36. The van der Waals surface area contributed by atoms with Crippen LogP contribution < -0.4 is 5.73 Å². The highest BCUT2D eigenvalue weighted by Crippen LogP contribution is 2.25. The molecule has 0 radical (unpaired) electrons. The number of carbonyl (C=O) groups is 1. The van der Waals surface area contributed by atoms with Crippen LogP contribution in [-0.2, 0) is 11.3 Å². The molecule has 2 unspecified atom stereocenters. The summed E-state index contributed by atoms with van der Waals surface area (Å²) in [6.07, 6.45) is 7.48. The highest BCUT2D eigenvalue weighted by atomic mass is 16.2. The zero-order chi connectivity index (χ0) is 13.7. The first-order chi connectivity index (χ1) is 9.24. The number of piperidine rings is 1. The Bertz CT molecular complexity index is 390. The number of hydrogen-bond donors (Lipinski definition) is 1. The van der Waals surface area contributed by atoms with E-state index >= 15 is 0 Å². The van der Waals surface area contributed by atoms with E-state index in [2.05, 4.69) is 12.0 Å². The van der Waals surface area contributed by atoms with Crippen LogP contribution in [0.1, 0.15) is 32.6 Å². The summed E-state index contributed by atoms with van der Waals surface area (Å²) in [5, 5.41) is 4.12. The average molecular weight is 264 g/mol. The molecule has 1 aromatic heterocycles. The van der Waals surface area contributed by atoms with Gasteiger partial charge in [-0.05, 0) is 24.8 Å². The monoisotopic (exact) mass is 264 g/mol. The summed E-state index contributed by atoms with van der Waals surface area (Å²) in [7, 11) is 0. The van der Waals surface area contributed by atoms with Crippen molar-refractivity contribution in [2.45, 2.75) is 45.2 Å². The molecule has 5 heteroatoms. The Morgan fingerprint density at radius 3 is 3.00 bits per heavy atom. The van der Waals surface area contributed by atoms with Gasteiger partial charge in [-0.25, -0.2) is 0 Å². The molecule has 1 aliphatic rings. The average Bonchev–Trinajstić information content (AvgIpc) is 2.97. The minimum Gasteiger partial charge on any atom is -0.338 e. The van der Waals surface area contributed by atoms with Gasteiger partial charge in [-0.1, -0.05) is 13.3 Å². The molecule has 1 amide bonds. The number of rotatable bonds is 5. The first-order valence-electron chi connectivity index (χ1n) is 7.21. The van der Waals surface area contributed by atoms with Crippen molar-refractivity contribution >= 4 is 5.91 Å². The van der Waals surface area contributed by atoms with Crippen molar-refractivity contribution in [1.82, 2.24) is 14.7 Å². The van der Waals surface area contributed by atoms with Crippen molar-refractivity contribution < 1.29 is 4.79 Å². The molecular formula is C14H24N4O. The van der Waals surface area contributed by atoms with Crippen molar-refractivity contribution in [2.24, 2.45) is 11.7 Å². The lowest BCUT2D eigenvalue weighted by Crippen LogP contribution is -2.49. The maximum Gasteiger partial charge on any atom is 0.224 e. The summed E-state index contributed by atoms with van der Waals surface area (Å²) in [5.41, 5.74) is 5.83. The number of amides is 1. The van der Waals surface area contributed by atoms with E-state index in [1.807, 2.05) is 17.2 Å². The van der Waals surface area contributed by atoms with Crippen LogP contribution in [0, 0.1) is 5.92 Å². The Morgan fingerprint density at radius 1 is 1.53 bits per heavy atom. The molecule has 1 aromatic rings. The van der Waals surface area contributed by atoms with Crippen LogP contribution >= 0.6 is 0 Å². The van der Waals surface area contributed by atoms with Gasteiger partial charge in [0, 0.05) is 44.5 Å². The highest BCUT2D eigenvalue weighted by Gasteiger charge is 2.29. The van der Waals surface area contributed by atoms with Crippen LogP contribution in [-0.4, -0.2) is 39.7 Å². The van der Waals surface area contributed by atoms with E-state index in [0.717, 1.165) is 25.3 Å². The third kappa shape index (κ3) is 3.56. The topological polar surface area (TPSA) is 64.2 Å². The van der Waals surface area contributed by atoms with Gasteiger partial charge in [0.15, 0.2) is 0 Å². The van der Waals surface area contributed by atoms with Crippen molar-refractivity contribution in [2.75, 3.05) is 13.1 Å². The normalized spacial score (nSPS) is 23.6. The molecule has 2 heterocycles. The summed E-state index contributed by atoms with van der Waals surface area (Å²) in [4.78, 5) is 14.3. The minimum atomic E-state index is 0.209. The number of carbonyl (C=O) groups excluding carboxylic acids is 1. The number of hydrogen-bond acceptors (Lipinski definition) is 3. The van der Waals surface area contributed by atoms with E-state index in [9.17, 15) is 4.79 Å². The van der Waals surface area contributed by atoms with E-state index < -0.39 is 0 Å². The maximum absolute atomic E-state index is 12.3. The van der Waals surface area contributed by atoms with Gasteiger partial charge in [0.2, 0.25) is 5.91 Å². The SMILES string of the molecule is CCC1CCN(C(=O)CCn2cccn2)C(CN)C1. The molecule has 1 aliphatic heterocycles. The van der Waals surface area contributed by atoms with Gasteiger partial charge in [0.25, 0.3) is 0 Å². The van der Waals surface area contributed by atoms with Gasteiger partial charge in [-0.15, -0.1) is 0 Å². The quantitative estimate of drug-likeness (QED) is 0.870. The van der Waals surface area contributed by atoms with Crippen molar-refractivity contribution in [1.29, 1.82) is 0 Å². The summed E-state index contributed by atoms with van der Waals surface area (Å²) in [5.74, 6) is 0.934. The number of nitrogens with zero attached hydrogens (tertiary/aromatic N) is 3. The lowest BCUT2D eigenvalue weighted by Gasteiger charge is -2.39. The minimum absolute atomic E-state index is 0.209. The van der Waals surface area contributed by atoms with Gasteiger partial charge in [0.05, 0.1) is 0 Å². The zero-order valence-electron chi connectivity index (χ0n) is 11.7. The predicted octanol–water partition coefficient (Wildman–Crippen LogP) is 1.25. The molecule has 19 heavy (non-hydrogen) atoms. The molecular weight excluding hydrogens is 240 g/mol. The maximum atomic E-state index is 12.3. The van der Waals surface area contributed by atoms with Crippen molar-refractivity contribution in [3.63, 3.8) is 0 Å². The van der Waals surface area contributed by atoms with Crippen molar-refractivity contribution in [3.05, 3.63) is 18.5 Å². The van der Waals surface area contributed by atoms with Crippen LogP contribution in [0.3, 0.4) is 0 Å². The molecule has 106 valence electrons. The summed E-state index contributed by atoms with van der Waals surface area (Å²) < 4.78 is 1.80. The Balaban J connectivity index is 1.87. The Labute approximate surface area is 114 Å². The molecule has 5 nitrogen and oxygen atoms in total. The molecule has 2 rings (SSSR count). The summed E-state index contributed by atoms with van der Waals surface area (Å²) in [6, 6.07) is 2.10. The summed E-state index contributed by atoms with van der Waals surface area (Å²) >= 11 is 0. The van der Waals surface area contributed by atoms with E-state index in [1.165, 1.54) is 6.42 Å². The van der Waals surface area contributed by atoms with Crippen molar-refractivity contribution in [3.8, 4) is 0 Å². The molecule has 0 saturated carbocycles. The van der Waals surface area contributed by atoms with Gasteiger partial charge >= 0.3 is 0 Å². The van der Waals surface area contributed by atoms with E-state index in [4.69, 9.17) is 5.73 Å². The van der Waals surface area contributed by atoms with Crippen LogP contribution in [0.2, 0.25) is 0 Å². The fourth-order valence-electron chi connectivity index (χ4n) is 2.84. The third-order valence-corrected chi connectivity index (χ3v) is 4.11. The van der Waals surface area contributed by atoms with Gasteiger partial charge in [-0.2, -0.15) is 5.10 Å². The first kappa shape index (κ1) is 14.1. The standard InChI is InChI=1S/C14H24N4O/c1-2-12-4-9-18(13(10-12)11-15)14(19)5-8-17-7-3-6-16-17/h3,6-7,12-13H,2,4-5,8-11,15H2,1H3. The second-order valence-corrected chi connectivity index (χ2v) is 5.29.